The Morgan fingerprint density at radius 1 is 1.32 bits per heavy atom. The van der Waals surface area contributed by atoms with Crippen LogP contribution in [-0.4, -0.2) is 19.6 Å². The predicted molar refractivity (Wildman–Crippen MR) is 86.3 cm³/mol. The molecule has 0 saturated carbocycles. The third-order valence-corrected chi connectivity index (χ3v) is 4.09. The number of halogens is 1. The molecule has 1 amide bonds. The fourth-order valence-electron chi connectivity index (χ4n) is 2.45. The first kappa shape index (κ1) is 14.7. The van der Waals surface area contributed by atoms with E-state index in [0.717, 1.165) is 23.3 Å². The molecule has 0 aromatic heterocycles. The number of nitrogens with one attached hydrogen (secondary N) is 1. The second-order valence-corrected chi connectivity index (χ2v) is 5.58. The van der Waals surface area contributed by atoms with Gasteiger partial charge in [-0.1, -0.05) is 11.6 Å². The zero-order chi connectivity index (χ0) is 15.7. The molecule has 4 nitrogen and oxygen atoms in total. The van der Waals surface area contributed by atoms with Gasteiger partial charge in [0.2, 0.25) is 0 Å². The number of carbonyl (C=O) groups is 1. The van der Waals surface area contributed by atoms with Crippen molar-refractivity contribution in [3.05, 3.63) is 52.0 Å². The molecule has 1 aliphatic heterocycles. The molecular weight excluding hydrogens is 302 g/mol. The number of rotatable bonds is 3. The lowest BCUT2D eigenvalue weighted by Gasteiger charge is -2.12. The van der Waals surface area contributed by atoms with Gasteiger partial charge in [0.1, 0.15) is 11.5 Å². The van der Waals surface area contributed by atoms with Crippen LogP contribution in [0.1, 0.15) is 21.5 Å². The van der Waals surface area contributed by atoms with E-state index in [0.29, 0.717) is 28.6 Å². The molecule has 22 heavy (non-hydrogen) atoms. The number of aryl methyl sites for hydroxylation is 1. The zero-order valence-corrected chi connectivity index (χ0v) is 13.2. The number of hydrogen-bond acceptors (Lipinski definition) is 3. The number of fused-ring (bicyclic) bond motifs is 1. The Labute approximate surface area is 134 Å². The largest absolute Gasteiger partial charge is 0.495 e. The van der Waals surface area contributed by atoms with E-state index in [1.54, 1.807) is 25.3 Å². The molecule has 0 fully saturated rings. The molecule has 0 spiro atoms. The Morgan fingerprint density at radius 3 is 2.91 bits per heavy atom. The van der Waals surface area contributed by atoms with Gasteiger partial charge >= 0.3 is 0 Å². The van der Waals surface area contributed by atoms with E-state index in [2.05, 4.69) is 5.32 Å². The highest BCUT2D eigenvalue weighted by Gasteiger charge is 2.16. The topological polar surface area (TPSA) is 47.6 Å². The first-order valence-electron chi connectivity index (χ1n) is 6.99. The molecular formula is C17H16ClNO3. The number of anilines is 1. The highest BCUT2D eigenvalue weighted by molar-refractivity contribution is 6.31. The van der Waals surface area contributed by atoms with Gasteiger partial charge in [-0.05, 0) is 42.3 Å². The third-order valence-electron chi connectivity index (χ3n) is 3.68. The number of hydrogen-bond donors (Lipinski definition) is 1. The van der Waals surface area contributed by atoms with E-state index in [-0.39, 0.29) is 5.91 Å². The van der Waals surface area contributed by atoms with Crippen LogP contribution in [0.5, 0.6) is 11.5 Å². The Balaban J connectivity index is 1.87. The Kier molecular flexibility index (Phi) is 3.94. The number of ether oxygens (including phenoxy) is 2. The van der Waals surface area contributed by atoms with Crippen molar-refractivity contribution in [1.82, 2.24) is 0 Å². The van der Waals surface area contributed by atoms with Crippen LogP contribution >= 0.6 is 11.6 Å². The lowest BCUT2D eigenvalue weighted by Crippen LogP contribution is -2.13. The van der Waals surface area contributed by atoms with E-state index >= 15 is 0 Å². The Hall–Kier alpha value is -2.20. The van der Waals surface area contributed by atoms with Crippen LogP contribution < -0.4 is 14.8 Å². The fourth-order valence-corrected chi connectivity index (χ4v) is 2.61. The molecule has 1 N–H and O–H groups in total. The van der Waals surface area contributed by atoms with Crippen molar-refractivity contribution >= 4 is 23.2 Å². The first-order chi connectivity index (χ1) is 10.6. The van der Waals surface area contributed by atoms with Crippen molar-refractivity contribution in [1.29, 1.82) is 0 Å². The number of carbonyl (C=O) groups excluding carboxylic acids is 1. The molecule has 0 bridgehead atoms. The van der Waals surface area contributed by atoms with Crippen molar-refractivity contribution in [2.45, 2.75) is 13.3 Å². The summed E-state index contributed by atoms with van der Waals surface area (Å²) in [7, 11) is 1.55. The molecule has 0 radical (unpaired) electrons. The summed E-state index contributed by atoms with van der Waals surface area (Å²) in [5.74, 6) is 1.21. The Bertz CT molecular complexity index is 743. The van der Waals surface area contributed by atoms with Crippen LogP contribution in [0.15, 0.2) is 30.3 Å². The van der Waals surface area contributed by atoms with E-state index in [4.69, 9.17) is 21.1 Å². The molecule has 0 atom stereocenters. The van der Waals surface area contributed by atoms with Crippen LogP contribution in [0.25, 0.3) is 0 Å². The minimum atomic E-state index is -0.185. The van der Waals surface area contributed by atoms with Crippen LogP contribution in [0.4, 0.5) is 5.69 Å². The summed E-state index contributed by atoms with van der Waals surface area (Å²) in [6.07, 6.45) is 0.833. The van der Waals surface area contributed by atoms with Gasteiger partial charge in [0.25, 0.3) is 5.91 Å². The predicted octanol–water partition coefficient (Wildman–Crippen LogP) is 3.84. The highest BCUT2D eigenvalue weighted by atomic mass is 35.5. The SMILES string of the molecule is COc1cc(Cl)c(C)cc1NC(=O)c1ccc2c(c1)CCO2. The van der Waals surface area contributed by atoms with Gasteiger partial charge in [-0.3, -0.25) is 4.79 Å². The maximum Gasteiger partial charge on any atom is 0.255 e. The van der Waals surface area contributed by atoms with Crippen LogP contribution in [-0.2, 0) is 6.42 Å². The van der Waals surface area contributed by atoms with E-state index in [1.165, 1.54) is 0 Å². The third kappa shape index (κ3) is 2.74. The molecule has 1 heterocycles. The monoisotopic (exact) mass is 317 g/mol. The van der Waals surface area contributed by atoms with E-state index < -0.39 is 0 Å². The molecule has 5 heteroatoms. The van der Waals surface area contributed by atoms with Crippen LogP contribution in [0.3, 0.4) is 0 Å². The second-order valence-electron chi connectivity index (χ2n) is 5.18. The van der Waals surface area contributed by atoms with Crippen molar-refractivity contribution in [2.75, 3.05) is 19.0 Å². The number of benzene rings is 2. The number of amides is 1. The normalized spacial score (nSPS) is 12.5. The maximum atomic E-state index is 12.4. The fraction of sp³-hybridized carbons (Fsp3) is 0.235. The van der Waals surface area contributed by atoms with Gasteiger partial charge < -0.3 is 14.8 Å². The Morgan fingerprint density at radius 2 is 2.14 bits per heavy atom. The summed E-state index contributed by atoms with van der Waals surface area (Å²) in [5, 5.41) is 3.47. The van der Waals surface area contributed by atoms with Gasteiger partial charge in [-0.2, -0.15) is 0 Å². The minimum Gasteiger partial charge on any atom is -0.495 e. The minimum absolute atomic E-state index is 0.185. The van der Waals surface area contributed by atoms with Crippen molar-refractivity contribution in [3.63, 3.8) is 0 Å². The summed E-state index contributed by atoms with van der Waals surface area (Å²) in [4.78, 5) is 12.4. The average Bonchev–Trinajstić information content (AvgIpc) is 2.98. The summed E-state index contributed by atoms with van der Waals surface area (Å²) in [6.45, 7) is 2.55. The number of methoxy groups -OCH3 is 1. The summed E-state index contributed by atoms with van der Waals surface area (Å²) in [5.41, 5.74) is 3.14. The molecule has 2 aromatic carbocycles. The maximum absolute atomic E-state index is 12.4. The van der Waals surface area contributed by atoms with Crippen molar-refractivity contribution < 1.29 is 14.3 Å². The van der Waals surface area contributed by atoms with Gasteiger partial charge in [0.15, 0.2) is 0 Å². The van der Waals surface area contributed by atoms with Crippen molar-refractivity contribution in [3.8, 4) is 11.5 Å². The summed E-state index contributed by atoms with van der Waals surface area (Å²) < 4.78 is 10.7. The second kappa shape index (κ2) is 5.89. The molecule has 3 rings (SSSR count). The summed E-state index contributed by atoms with van der Waals surface area (Å²) in [6, 6.07) is 8.96. The van der Waals surface area contributed by atoms with Gasteiger partial charge in [0.05, 0.1) is 19.4 Å². The molecule has 0 unspecified atom stereocenters. The molecule has 0 saturated heterocycles. The highest BCUT2D eigenvalue weighted by Crippen LogP contribution is 2.32. The van der Waals surface area contributed by atoms with Crippen LogP contribution in [0, 0.1) is 6.92 Å². The molecule has 114 valence electrons. The van der Waals surface area contributed by atoms with Crippen molar-refractivity contribution in [2.24, 2.45) is 0 Å². The molecule has 0 aliphatic carbocycles. The lowest BCUT2D eigenvalue weighted by molar-refractivity contribution is 0.102. The van der Waals surface area contributed by atoms with Gasteiger partial charge in [-0.25, -0.2) is 0 Å². The first-order valence-corrected chi connectivity index (χ1v) is 7.37. The van der Waals surface area contributed by atoms with Crippen LogP contribution in [0.2, 0.25) is 5.02 Å². The quantitative estimate of drug-likeness (QED) is 0.935. The standard InChI is InChI=1S/C17H16ClNO3/c1-10-7-14(16(21-2)9-13(10)18)19-17(20)12-3-4-15-11(8-12)5-6-22-15/h3-4,7-9H,5-6H2,1-2H3,(H,19,20). The molecule has 1 aliphatic rings. The summed E-state index contributed by atoms with van der Waals surface area (Å²) >= 11 is 6.08. The van der Waals surface area contributed by atoms with E-state index in [1.807, 2.05) is 19.1 Å². The molecule has 2 aromatic rings. The van der Waals surface area contributed by atoms with Gasteiger partial charge in [-0.15, -0.1) is 0 Å². The smallest absolute Gasteiger partial charge is 0.255 e. The average molecular weight is 318 g/mol. The zero-order valence-electron chi connectivity index (χ0n) is 12.4. The van der Waals surface area contributed by atoms with Gasteiger partial charge in [0, 0.05) is 23.1 Å². The lowest BCUT2D eigenvalue weighted by atomic mass is 10.1. The van der Waals surface area contributed by atoms with E-state index in [9.17, 15) is 4.79 Å².